The Labute approximate surface area is 98.1 Å². The predicted octanol–water partition coefficient (Wildman–Crippen LogP) is 0.0265. The van der Waals surface area contributed by atoms with E-state index in [1.165, 1.54) is 0 Å². The molecule has 0 amide bonds. The zero-order valence-corrected chi connectivity index (χ0v) is 10.4. The molecule has 0 radical (unpaired) electrons. The highest BCUT2D eigenvalue weighted by Crippen LogP contribution is 1.92. The third kappa shape index (κ3) is 10.3. The molecule has 0 bridgehead atoms. The van der Waals surface area contributed by atoms with Crippen molar-refractivity contribution in [2.75, 3.05) is 53.8 Å². The fourth-order valence-corrected chi connectivity index (χ4v) is 1.33. The van der Waals surface area contributed by atoms with E-state index in [0.29, 0.717) is 19.8 Å². The largest absolute Gasteiger partial charge is 0.396 e. The first kappa shape index (κ1) is 15.8. The monoisotopic (exact) mass is 235 g/mol. The Hall–Kier alpha value is -0.200. The van der Waals surface area contributed by atoms with E-state index in [4.69, 9.17) is 19.3 Å². The van der Waals surface area contributed by atoms with Crippen LogP contribution < -0.4 is 5.32 Å². The summed E-state index contributed by atoms with van der Waals surface area (Å²) >= 11 is 0. The van der Waals surface area contributed by atoms with Gasteiger partial charge in [0.1, 0.15) is 0 Å². The maximum Gasteiger partial charge on any atom is 0.0700 e. The zero-order chi connectivity index (χ0) is 12.1. The van der Waals surface area contributed by atoms with Crippen LogP contribution in [0.15, 0.2) is 0 Å². The van der Waals surface area contributed by atoms with Crippen LogP contribution in [0.5, 0.6) is 0 Å². The number of rotatable bonds is 12. The van der Waals surface area contributed by atoms with E-state index in [2.05, 4.69) is 5.32 Å². The smallest absolute Gasteiger partial charge is 0.0700 e. The zero-order valence-electron chi connectivity index (χ0n) is 10.4. The minimum atomic E-state index is 0.186. The third-order valence-electron chi connectivity index (χ3n) is 2.18. The molecular formula is C11H25NO4. The van der Waals surface area contributed by atoms with Crippen LogP contribution in [0.2, 0.25) is 0 Å². The van der Waals surface area contributed by atoms with Crippen LogP contribution in [0.1, 0.15) is 12.8 Å². The van der Waals surface area contributed by atoms with Crippen molar-refractivity contribution in [2.24, 2.45) is 0 Å². The highest BCUT2D eigenvalue weighted by Gasteiger charge is 2.05. The van der Waals surface area contributed by atoms with Gasteiger partial charge in [0.2, 0.25) is 0 Å². The maximum absolute atomic E-state index is 8.83. The molecule has 0 aromatic heterocycles. The minimum Gasteiger partial charge on any atom is -0.396 e. The highest BCUT2D eigenvalue weighted by molar-refractivity contribution is 4.65. The standard InChI is InChI=1S/C11H25NO4/c1-14-8-9-16-7-3-5-12-11(4-6-13)10-15-2/h11-13H,3-10H2,1-2H3. The summed E-state index contributed by atoms with van der Waals surface area (Å²) in [7, 11) is 3.33. The number of methoxy groups -OCH3 is 2. The topological polar surface area (TPSA) is 60.0 Å². The Morgan fingerprint density at radius 3 is 2.56 bits per heavy atom. The molecule has 0 aliphatic heterocycles. The third-order valence-corrected chi connectivity index (χ3v) is 2.18. The molecule has 0 aliphatic carbocycles. The molecule has 0 saturated heterocycles. The quantitative estimate of drug-likeness (QED) is 0.467. The van der Waals surface area contributed by atoms with Gasteiger partial charge in [0.25, 0.3) is 0 Å². The lowest BCUT2D eigenvalue weighted by Crippen LogP contribution is -2.35. The van der Waals surface area contributed by atoms with E-state index in [-0.39, 0.29) is 12.6 Å². The molecule has 0 aromatic rings. The van der Waals surface area contributed by atoms with E-state index in [1.54, 1.807) is 14.2 Å². The number of hydrogen-bond donors (Lipinski definition) is 2. The Kier molecular flexibility index (Phi) is 12.7. The maximum atomic E-state index is 8.83. The molecule has 5 heteroatoms. The molecule has 0 heterocycles. The highest BCUT2D eigenvalue weighted by atomic mass is 16.5. The lowest BCUT2D eigenvalue weighted by molar-refractivity contribution is 0.0684. The van der Waals surface area contributed by atoms with Gasteiger partial charge in [-0.15, -0.1) is 0 Å². The molecule has 0 spiro atoms. The number of aliphatic hydroxyl groups excluding tert-OH is 1. The molecule has 0 aliphatic rings. The molecule has 0 fully saturated rings. The molecule has 16 heavy (non-hydrogen) atoms. The van der Waals surface area contributed by atoms with E-state index in [1.807, 2.05) is 0 Å². The fraction of sp³-hybridized carbons (Fsp3) is 1.00. The van der Waals surface area contributed by atoms with Crippen LogP contribution >= 0.6 is 0 Å². The van der Waals surface area contributed by atoms with Crippen molar-refractivity contribution in [1.82, 2.24) is 5.32 Å². The van der Waals surface area contributed by atoms with Gasteiger partial charge in [-0.25, -0.2) is 0 Å². The summed E-state index contributed by atoms with van der Waals surface area (Å²) in [4.78, 5) is 0. The van der Waals surface area contributed by atoms with Crippen molar-refractivity contribution in [3.05, 3.63) is 0 Å². The Bertz CT molecular complexity index is 129. The van der Waals surface area contributed by atoms with Crippen LogP contribution in [-0.4, -0.2) is 64.9 Å². The van der Waals surface area contributed by atoms with E-state index in [9.17, 15) is 0 Å². The normalized spacial score (nSPS) is 12.9. The van der Waals surface area contributed by atoms with Crippen molar-refractivity contribution in [2.45, 2.75) is 18.9 Å². The van der Waals surface area contributed by atoms with E-state index < -0.39 is 0 Å². The second kappa shape index (κ2) is 12.9. The van der Waals surface area contributed by atoms with Crippen LogP contribution in [0.3, 0.4) is 0 Å². The number of nitrogens with one attached hydrogen (secondary N) is 1. The first-order valence-corrected chi connectivity index (χ1v) is 5.75. The van der Waals surface area contributed by atoms with Gasteiger partial charge in [0.15, 0.2) is 0 Å². The molecule has 0 aromatic carbocycles. The summed E-state index contributed by atoms with van der Waals surface area (Å²) < 4.78 is 15.2. The predicted molar refractivity (Wildman–Crippen MR) is 62.7 cm³/mol. The van der Waals surface area contributed by atoms with Gasteiger partial charge in [0.05, 0.1) is 19.8 Å². The summed E-state index contributed by atoms with van der Waals surface area (Å²) in [6.07, 6.45) is 1.67. The fourth-order valence-electron chi connectivity index (χ4n) is 1.33. The van der Waals surface area contributed by atoms with Crippen LogP contribution in [0.25, 0.3) is 0 Å². The summed E-state index contributed by atoms with van der Waals surface area (Å²) in [5.74, 6) is 0. The number of aliphatic hydroxyl groups is 1. The Morgan fingerprint density at radius 2 is 1.94 bits per heavy atom. The summed E-state index contributed by atoms with van der Waals surface area (Å²) in [6, 6.07) is 0.231. The van der Waals surface area contributed by atoms with Gasteiger partial charge in [-0.2, -0.15) is 0 Å². The average molecular weight is 235 g/mol. The van der Waals surface area contributed by atoms with Gasteiger partial charge in [-0.05, 0) is 19.4 Å². The van der Waals surface area contributed by atoms with E-state index >= 15 is 0 Å². The molecule has 5 nitrogen and oxygen atoms in total. The second-order valence-corrected chi connectivity index (χ2v) is 3.58. The Morgan fingerprint density at radius 1 is 1.12 bits per heavy atom. The first-order valence-electron chi connectivity index (χ1n) is 5.75. The minimum absolute atomic E-state index is 0.186. The van der Waals surface area contributed by atoms with E-state index in [0.717, 1.165) is 26.0 Å². The van der Waals surface area contributed by atoms with Crippen molar-refractivity contribution in [1.29, 1.82) is 0 Å². The van der Waals surface area contributed by atoms with Crippen molar-refractivity contribution >= 4 is 0 Å². The average Bonchev–Trinajstić information content (AvgIpc) is 2.28. The first-order chi connectivity index (χ1) is 7.85. The van der Waals surface area contributed by atoms with Gasteiger partial charge in [-0.1, -0.05) is 0 Å². The Balaban J connectivity index is 3.25. The molecule has 1 unspecified atom stereocenters. The van der Waals surface area contributed by atoms with Crippen LogP contribution in [0.4, 0.5) is 0 Å². The molecular weight excluding hydrogens is 210 g/mol. The summed E-state index contributed by atoms with van der Waals surface area (Å²) in [5, 5.41) is 12.1. The van der Waals surface area contributed by atoms with Crippen molar-refractivity contribution in [3.8, 4) is 0 Å². The SMILES string of the molecule is COCCOCCCNC(CCO)COC. The summed E-state index contributed by atoms with van der Waals surface area (Å²) in [5.41, 5.74) is 0. The van der Waals surface area contributed by atoms with Crippen LogP contribution in [0, 0.1) is 0 Å². The molecule has 0 saturated carbocycles. The molecule has 1 atom stereocenters. The molecule has 0 rings (SSSR count). The van der Waals surface area contributed by atoms with Crippen LogP contribution in [-0.2, 0) is 14.2 Å². The van der Waals surface area contributed by atoms with Crippen molar-refractivity contribution < 1.29 is 19.3 Å². The lowest BCUT2D eigenvalue weighted by Gasteiger charge is -2.16. The lowest BCUT2D eigenvalue weighted by atomic mass is 10.2. The number of hydrogen-bond acceptors (Lipinski definition) is 5. The van der Waals surface area contributed by atoms with Gasteiger partial charge < -0.3 is 24.6 Å². The van der Waals surface area contributed by atoms with Gasteiger partial charge in [-0.3, -0.25) is 0 Å². The van der Waals surface area contributed by atoms with Gasteiger partial charge >= 0.3 is 0 Å². The molecule has 98 valence electrons. The second-order valence-electron chi connectivity index (χ2n) is 3.58. The van der Waals surface area contributed by atoms with Gasteiger partial charge in [0, 0.05) is 33.5 Å². The van der Waals surface area contributed by atoms with Crippen molar-refractivity contribution in [3.63, 3.8) is 0 Å². The number of ether oxygens (including phenoxy) is 3. The summed E-state index contributed by atoms with van der Waals surface area (Å²) in [6.45, 7) is 3.71. The molecule has 2 N–H and O–H groups in total.